The van der Waals surface area contributed by atoms with E-state index >= 15 is 0 Å². The van der Waals surface area contributed by atoms with Crippen LogP contribution in [0.25, 0.3) is 17.2 Å². The van der Waals surface area contributed by atoms with Gasteiger partial charge in [0.1, 0.15) is 17.9 Å². The minimum atomic E-state index is -5.00. The van der Waals surface area contributed by atoms with E-state index in [1.807, 2.05) is 24.3 Å². The molecule has 10 nitrogen and oxygen atoms in total. The van der Waals surface area contributed by atoms with E-state index in [0.29, 0.717) is 41.2 Å². The molecule has 1 amide bonds. The van der Waals surface area contributed by atoms with Crippen molar-refractivity contribution in [1.29, 1.82) is 0 Å². The molecule has 4 aromatic rings. The number of piperidine rings is 1. The van der Waals surface area contributed by atoms with Crippen LogP contribution < -0.4 is 4.74 Å². The SMILES string of the molecule is COC(=O)N1CCC(c2ccc(COc3ccccc3-c3ccnc(-n4ncc(C(=O)O)c4C(F)(F)F)n3)cc2)CC1. The Morgan fingerprint density at radius 3 is 2.43 bits per heavy atom. The fourth-order valence-corrected chi connectivity index (χ4v) is 4.91. The zero-order valence-corrected chi connectivity index (χ0v) is 22.4. The fraction of sp³-hybridized carbons (Fsp3) is 0.276. The van der Waals surface area contributed by atoms with Crippen molar-refractivity contribution >= 4 is 12.1 Å². The van der Waals surface area contributed by atoms with E-state index in [-0.39, 0.29) is 18.4 Å². The van der Waals surface area contributed by atoms with E-state index in [2.05, 4.69) is 15.1 Å². The maximum Gasteiger partial charge on any atom is 0.434 e. The van der Waals surface area contributed by atoms with E-state index in [9.17, 15) is 27.9 Å². The van der Waals surface area contributed by atoms with Gasteiger partial charge in [0.15, 0.2) is 5.69 Å². The lowest BCUT2D eigenvalue weighted by Gasteiger charge is -2.31. The molecule has 0 radical (unpaired) electrons. The topological polar surface area (TPSA) is 120 Å². The number of aromatic carboxylic acids is 1. The third-order valence-corrected chi connectivity index (χ3v) is 7.04. The van der Waals surface area contributed by atoms with Gasteiger partial charge in [0.25, 0.3) is 5.95 Å². The summed E-state index contributed by atoms with van der Waals surface area (Å²) in [6.07, 6.45) is -1.72. The second-order valence-corrected chi connectivity index (χ2v) is 9.62. The Labute approximate surface area is 238 Å². The standard InChI is InChI=1S/C29H26F3N5O5/c1-41-28(40)36-14-11-20(12-15-36)19-8-6-18(7-9-19)17-42-24-5-3-2-4-21(24)23-10-13-33-27(35-23)37-25(29(30,31)32)22(16-34-37)26(38)39/h2-10,13,16,20H,11-12,14-15,17H2,1H3,(H,38,39). The van der Waals surface area contributed by atoms with Gasteiger partial charge in [0.05, 0.1) is 19.0 Å². The summed E-state index contributed by atoms with van der Waals surface area (Å²) < 4.78 is 52.4. The van der Waals surface area contributed by atoms with Crippen LogP contribution in [0.2, 0.25) is 0 Å². The highest BCUT2D eigenvalue weighted by Crippen LogP contribution is 2.34. The zero-order valence-electron chi connectivity index (χ0n) is 22.4. The number of para-hydroxylation sites is 1. The summed E-state index contributed by atoms with van der Waals surface area (Å²) in [7, 11) is 1.38. The number of amides is 1. The van der Waals surface area contributed by atoms with Gasteiger partial charge < -0.3 is 19.5 Å². The molecule has 0 saturated carbocycles. The van der Waals surface area contributed by atoms with Crippen molar-refractivity contribution in [3.63, 3.8) is 0 Å². The summed E-state index contributed by atoms with van der Waals surface area (Å²) in [6, 6.07) is 16.5. The largest absolute Gasteiger partial charge is 0.488 e. The highest BCUT2D eigenvalue weighted by molar-refractivity contribution is 5.89. The van der Waals surface area contributed by atoms with E-state index in [4.69, 9.17) is 9.47 Å². The van der Waals surface area contributed by atoms with Crippen LogP contribution in [0.4, 0.5) is 18.0 Å². The normalized spacial score (nSPS) is 14.0. The van der Waals surface area contributed by atoms with Gasteiger partial charge in [-0.05, 0) is 48.1 Å². The monoisotopic (exact) mass is 581 g/mol. The molecule has 1 saturated heterocycles. The van der Waals surface area contributed by atoms with Crippen LogP contribution in [0, 0.1) is 0 Å². The number of nitrogens with zero attached hydrogens (tertiary/aromatic N) is 5. The molecule has 2 aromatic heterocycles. The van der Waals surface area contributed by atoms with Crippen molar-refractivity contribution in [3.05, 3.63) is 89.4 Å². The molecular formula is C29H26F3N5O5. The number of aromatic nitrogens is 4. The maximum atomic E-state index is 13.7. The summed E-state index contributed by atoms with van der Waals surface area (Å²) in [4.78, 5) is 32.9. The van der Waals surface area contributed by atoms with Crippen LogP contribution in [0.15, 0.2) is 67.0 Å². The summed E-state index contributed by atoms with van der Waals surface area (Å²) >= 11 is 0. The molecule has 1 fully saturated rings. The van der Waals surface area contributed by atoms with Crippen LogP contribution in [0.3, 0.4) is 0 Å². The maximum absolute atomic E-state index is 13.7. The lowest BCUT2D eigenvalue weighted by Crippen LogP contribution is -2.37. The third kappa shape index (κ3) is 6.04. The Balaban J connectivity index is 1.31. The Morgan fingerprint density at radius 2 is 1.76 bits per heavy atom. The molecule has 0 spiro atoms. The van der Waals surface area contributed by atoms with Gasteiger partial charge in [-0.1, -0.05) is 36.4 Å². The molecule has 218 valence electrons. The van der Waals surface area contributed by atoms with Crippen LogP contribution >= 0.6 is 0 Å². The number of rotatable bonds is 7. The summed E-state index contributed by atoms with van der Waals surface area (Å²) in [5.74, 6) is -1.41. The van der Waals surface area contributed by atoms with E-state index in [1.165, 1.54) is 24.9 Å². The van der Waals surface area contributed by atoms with Crippen LogP contribution in [-0.4, -0.2) is 62.0 Å². The number of carboxylic acids is 1. The highest BCUT2D eigenvalue weighted by Gasteiger charge is 2.41. The lowest BCUT2D eigenvalue weighted by atomic mass is 9.89. The number of halogens is 3. The number of carboxylic acid groups (broad SMARTS) is 1. The smallest absolute Gasteiger partial charge is 0.434 e. The van der Waals surface area contributed by atoms with Gasteiger partial charge >= 0.3 is 18.2 Å². The predicted octanol–water partition coefficient (Wildman–Crippen LogP) is 5.57. The molecule has 3 heterocycles. The Kier molecular flexibility index (Phi) is 8.09. The fourth-order valence-electron chi connectivity index (χ4n) is 4.91. The lowest BCUT2D eigenvalue weighted by molar-refractivity contribution is -0.143. The van der Waals surface area contributed by atoms with Crippen molar-refractivity contribution in [1.82, 2.24) is 24.6 Å². The third-order valence-electron chi connectivity index (χ3n) is 7.04. The molecule has 0 unspecified atom stereocenters. The first kappa shape index (κ1) is 28.6. The molecule has 1 N–H and O–H groups in total. The first-order valence-electron chi connectivity index (χ1n) is 13.0. The van der Waals surface area contributed by atoms with Crippen molar-refractivity contribution < 1.29 is 37.3 Å². The van der Waals surface area contributed by atoms with E-state index in [0.717, 1.165) is 18.4 Å². The average Bonchev–Trinajstić information content (AvgIpc) is 3.47. The minimum Gasteiger partial charge on any atom is -0.488 e. The van der Waals surface area contributed by atoms with Crippen LogP contribution in [-0.2, 0) is 17.5 Å². The number of methoxy groups -OCH3 is 1. The zero-order chi connectivity index (χ0) is 29.9. The second kappa shape index (κ2) is 11.9. The molecule has 0 aliphatic carbocycles. The van der Waals surface area contributed by atoms with Crippen molar-refractivity contribution in [2.75, 3.05) is 20.2 Å². The molecule has 42 heavy (non-hydrogen) atoms. The van der Waals surface area contributed by atoms with Gasteiger partial charge in [-0.2, -0.15) is 23.0 Å². The minimum absolute atomic E-state index is 0.232. The number of hydrogen-bond donors (Lipinski definition) is 1. The van der Waals surface area contributed by atoms with Crippen molar-refractivity contribution in [3.8, 4) is 23.0 Å². The number of ether oxygens (including phenoxy) is 2. The van der Waals surface area contributed by atoms with Gasteiger partial charge in [-0.3, -0.25) is 0 Å². The van der Waals surface area contributed by atoms with Gasteiger partial charge in [-0.15, -0.1) is 0 Å². The average molecular weight is 582 g/mol. The molecule has 5 rings (SSSR count). The first-order chi connectivity index (χ1) is 20.2. The number of likely N-dealkylation sites (tertiary alicyclic amines) is 1. The summed E-state index contributed by atoms with van der Waals surface area (Å²) in [5.41, 5.74) is 0.391. The van der Waals surface area contributed by atoms with Gasteiger partial charge in [-0.25, -0.2) is 19.6 Å². The molecule has 1 aliphatic heterocycles. The number of alkyl halides is 3. The summed E-state index contributed by atoms with van der Waals surface area (Å²) in [5, 5.41) is 12.8. The van der Waals surface area contributed by atoms with E-state index in [1.54, 1.807) is 29.2 Å². The summed E-state index contributed by atoms with van der Waals surface area (Å²) in [6.45, 7) is 1.51. The quantitative estimate of drug-likeness (QED) is 0.301. The molecule has 1 aliphatic rings. The molecule has 13 heteroatoms. The first-order valence-corrected chi connectivity index (χ1v) is 13.0. The number of benzene rings is 2. The van der Waals surface area contributed by atoms with Gasteiger partial charge in [0.2, 0.25) is 0 Å². The van der Waals surface area contributed by atoms with Crippen LogP contribution in [0.1, 0.15) is 45.9 Å². The van der Waals surface area contributed by atoms with Crippen molar-refractivity contribution in [2.24, 2.45) is 0 Å². The predicted molar refractivity (Wildman–Crippen MR) is 143 cm³/mol. The molecule has 2 aromatic carbocycles. The number of hydrogen-bond acceptors (Lipinski definition) is 7. The highest BCUT2D eigenvalue weighted by atomic mass is 19.4. The van der Waals surface area contributed by atoms with Crippen molar-refractivity contribution in [2.45, 2.75) is 31.5 Å². The second-order valence-electron chi connectivity index (χ2n) is 9.62. The number of carbonyl (C=O) groups is 2. The number of carbonyl (C=O) groups excluding carboxylic acids is 1. The molecule has 0 bridgehead atoms. The van der Waals surface area contributed by atoms with Crippen LogP contribution in [0.5, 0.6) is 5.75 Å². The Bertz CT molecular complexity index is 1580. The Hall–Kier alpha value is -4.94. The van der Waals surface area contributed by atoms with Gasteiger partial charge in [0, 0.05) is 24.8 Å². The van der Waals surface area contributed by atoms with E-state index < -0.39 is 29.4 Å². The molecular weight excluding hydrogens is 555 g/mol. The Morgan fingerprint density at radius 1 is 1.05 bits per heavy atom. The molecule has 0 atom stereocenters.